The quantitative estimate of drug-likeness (QED) is 0.272. The highest BCUT2D eigenvalue weighted by Crippen LogP contribution is 2.27. The zero-order chi connectivity index (χ0) is 29.6. The summed E-state index contributed by atoms with van der Waals surface area (Å²) in [6.45, 7) is 3.22. The molecule has 1 unspecified atom stereocenters. The van der Waals surface area contributed by atoms with E-state index in [0.29, 0.717) is 27.7 Å². The molecule has 3 aromatic rings. The Balaban J connectivity index is 1.71. The van der Waals surface area contributed by atoms with Gasteiger partial charge in [0.2, 0.25) is 11.8 Å². The molecule has 1 saturated carbocycles. The molecule has 2 amide bonds. The maximum absolute atomic E-state index is 14.2. The van der Waals surface area contributed by atoms with Crippen LogP contribution in [0.25, 0.3) is 0 Å². The third kappa shape index (κ3) is 7.61. The van der Waals surface area contributed by atoms with Crippen LogP contribution in [0.4, 0.5) is 5.69 Å². The molecule has 10 heteroatoms. The number of para-hydroxylation sites is 1. The summed E-state index contributed by atoms with van der Waals surface area (Å²) in [7, 11) is -4.12. The van der Waals surface area contributed by atoms with Crippen molar-refractivity contribution in [2.75, 3.05) is 10.8 Å². The van der Waals surface area contributed by atoms with Crippen LogP contribution in [0.2, 0.25) is 10.0 Å². The van der Waals surface area contributed by atoms with E-state index in [-0.39, 0.29) is 23.4 Å². The Morgan fingerprint density at radius 1 is 0.976 bits per heavy atom. The standard InChI is InChI=1S/C31H35Cl2N3O4S/c1-3-29(31(38)34-25-9-7-8-10-25)35(20-23-15-16-24(32)19-28(23)33)30(37)21-36(26-11-5-4-6-12-26)41(39,40)27-17-13-22(2)14-18-27/h4-6,11-19,25,29H,3,7-10,20-21H2,1-2H3,(H,34,38). The molecule has 3 aromatic carbocycles. The molecule has 0 heterocycles. The van der Waals surface area contributed by atoms with Gasteiger partial charge in [0.1, 0.15) is 12.6 Å². The molecule has 1 N–H and O–H groups in total. The maximum atomic E-state index is 14.2. The second-order valence-corrected chi connectivity index (χ2v) is 13.0. The normalized spacial score (nSPS) is 14.4. The van der Waals surface area contributed by atoms with E-state index >= 15 is 0 Å². The number of nitrogens with zero attached hydrogens (tertiary/aromatic N) is 2. The fourth-order valence-electron chi connectivity index (χ4n) is 5.08. The van der Waals surface area contributed by atoms with Crippen LogP contribution < -0.4 is 9.62 Å². The van der Waals surface area contributed by atoms with Crippen LogP contribution >= 0.6 is 23.2 Å². The monoisotopic (exact) mass is 615 g/mol. The first-order valence-corrected chi connectivity index (χ1v) is 16.0. The highest BCUT2D eigenvalue weighted by atomic mass is 35.5. The average Bonchev–Trinajstić information content (AvgIpc) is 3.46. The molecule has 0 aromatic heterocycles. The summed E-state index contributed by atoms with van der Waals surface area (Å²) >= 11 is 12.6. The Bertz CT molecular complexity index is 1460. The Hall–Kier alpha value is -3.07. The highest BCUT2D eigenvalue weighted by Gasteiger charge is 2.34. The topological polar surface area (TPSA) is 86.8 Å². The van der Waals surface area contributed by atoms with E-state index in [1.54, 1.807) is 60.7 Å². The molecule has 0 radical (unpaired) electrons. The summed E-state index contributed by atoms with van der Waals surface area (Å²) in [6, 6.07) is 19.2. The van der Waals surface area contributed by atoms with Crippen LogP contribution in [0.15, 0.2) is 77.7 Å². The van der Waals surface area contributed by atoms with E-state index in [1.807, 2.05) is 13.8 Å². The van der Waals surface area contributed by atoms with Gasteiger partial charge in [-0.1, -0.05) is 84.9 Å². The van der Waals surface area contributed by atoms with Gasteiger partial charge < -0.3 is 10.2 Å². The van der Waals surface area contributed by atoms with Gasteiger partial charge in [-0.15, -0.1) is 0 Å². The number of carbonyl (C=O) groups excluding carboxylic acids is 2. The molecule has 0 aliphatic heterocycles. The first kappa shape index (κ1) is 30.9. The smallest absolute Gasteiger partial charge is 0.264 e. The van der Waals surface area contributed by atoms with Crippen molar-refractivity contribution in [2.24, 2.45) is 0 Å². The number of carbonyl (C=O) groups is 2. The second kappa shape index (κ2) is 13.7. The van der Waals surface area contributed by atoms with E-state index in [0.717, 1.165) is 35.6 Å². The SMILES string of the molecule is CCC(C(=O)NC1CCCC1)N(Cc1ccc(Cl)cc1Cl)C(=O)CN(c1ccccc1)S(=O)(=O)c1ccc(C)cc1. The molecule has 1 fully saturated rings. The number of hydrogen-bond acceptors (Lipinski definition) is 4. The molecule has 0 spiro atoms. The van der Waals surface area contributed by atoms with Gasteiger partial charge in [-0.3, -0.25) is 13.9 Å². The molecule has 0 bridgehead atoms. The van der Waals surface area contributed by atoms with Crippen molar-refractivity contribution >= 4 is 50.7 Å². The summed E-state index contributed by atoms with van der Waals surface area (Å²) in [5.74, 6) is -0.783. The van der Waals surface area contributed by atoms with Crippen molar-refractivity contribution in [3.8, 4) is 0 Å². The summed E-state index contributed by atoms with van der Waals surface area (Å²) in [6.07, 6.45) is 4.23. The predicted octanol–water partition coefficient (Wildman–Crippen LogP) is 6.36. The van der Waals surface area contributed by atoms with Gasteiger partial charge >= 0.3 is 0 Å². The number of halogens is 2. The molecule has 41 heavy (non-hydrogen) atoms. The maximum Gasteiger partial charge on any atom is 0.264 e. The summed E-state index contributed by atoms with van der Waals surface area (Å²) in [5.41, 5.74) is 1.86. The van der Waals surface area contributed by atoms with Gasteiger partial charge in [-0.25, -0.2) is 8.42 Å². The third-order valence-electron chi connectivity index (χ3n) is 7.38. The number of nitrogens with one attached hydrogen (secondary N) is 1. The molecule has 7 nitrogen and oxygen atoms in total. The molecule has 1 aliphatic rings. The number of rotatable bonds is 11. The number of benzene rings is 3. The van der Waals surface area contributed by atoms with E-state index in [4.69, 9.17) is 23.2 Å². The zero-order valence-corrected chi connectivity index (χ0v) is 25.6. The summed E-state index contributed by atoms with van der Waals surface area (Å²) in [5, 5.41) is 3.90. The lowest BCUT2D eigenvalue weighted by molar-refractivity contribution is -0.140. The first-order valence-electron chi connectivity index (χ1n) is 13.8. The number of aryl methyl sites for hydroxylation is 1. The number of anilines is 1. The minimum atomic E-state index is -4.12. The number of hydrogen-bond donors (Lipinski definition) is 1. The lowest BCUT2D eigenvalue weighted by Crippen LogP contribution is -2.53. The fraction of sp³-hybridized carbons (Fsp3) is 0.355. The zero-order valence-electron chi connectivity index (χ0n) is 23.2. The average molecular weight is 617 g/mol. The van der Waals surface area contributed by atoms with Gasteiger partial charge in [0.15, 0.2) is 0 Å². The molecule has 4 rings (SSSR count). The summed E-state index contributed by atoms with van der Waals surface area (Å²) < 4.78 is 28.9. The summed E-state index contributed by atoms with van der Waals surface area (Å²) in [4.78, 5) is 29.2. The van der Waals surface area contributed by atoms with Gasteiger partial charge in [0.05, 0.1) is 10.6 Å². The lowest BCUT2D eigenvalue weighted by atomic mass is 10.1. The van der Waals surface area contributed by atoms with Crippen LogP contribution in [0.5, 0.6) is 0 Å². The van der Waals surface area contributed by atoms with Gasteiger partial charge in [0.25, 0.3) is 10.0 Å². The van der Waals surface area contributed by atoms with E-state index in [2.05, 4.69) is 5.32 Å². The van der Waals surface area contributed by atoms with Crippen LogP contribution in [0.1, 0.15) is 50.2 Å². The first-order chi connectivity index (χ1) is 19.6. The Kier molecular flexibility index (Phi) is 10.3. The van der Waals surface area contributed by atoms with Crippen molar-refractivity contribution in [1.29, 1.82) is 0 Å². The van der Waals surface area contributed by atoms with Crippen LogP contribution in [-0.4, -0.2) is 43.8 Å². The van der Waals surface area contributed by atoms with Gasteiger partial charge in [-0.2, -0.15) is 0 Å². The van der Waals surface area contributed by atoms with E-state index in [1.165, 1.54) is 17.0 Å². The number of amides is 2. The highest BCUT2D eigenvalue weighted by molar-refractivity contribution is 7.92. The fourth-order valence-corrected chi connectivity index (χ4v) is 6.96. The van der Waals surface area contributed by atoms with E-state index in [9.17, 15) is 18.0 Å². The van der Waals surface area contributed by atoms with Crippen molar-refractivity contribution in [1.82, 2.24) is 10.2 Å². The van der Waals surface area contributed by atoms with Gasteiger partial charge in [0, 0.05) is 22.6 Å². The van der Waals surface area contributed by atoms with Crippen molar-refractivity contribution in [3.63, 3.8) is 0 Å². The van der Waals surface area contributed by atoms with Crippen molar-refractivity contribution in [3.05, 3.63) is 94.0 Å². The largest absolute Gasteiger partial charge is 0.352 e. The lowest BCUT2D eigenvalue weighted by Gasteiger charge is -2.34. The Morgan fingerprint density at radius 3 is 2.24 bits per heavy atom. The van der Waals surface area contributed by atoms with Crippen LogP contribution in [0.3, 0.4) is 0 Å². The molecular formula is C31H35Cl2N3O4S. The van der Waals surface area contributed by atoms with Gasteiger partial charge in [-0.05, 0) is 68.1 Å². The third-order valence-corrected chi connectivity index (χ3v) is 9.75. The molecular weight excluding hydrogens is 581 g/mol. The van der Waals surface area contributed by atoms with Crippen molar-refractivity contribution < 1.29 is 18.0 Å². The van der Waals surface area contributed by atoms with Crippen LogP contribution in [-0.2, 0) is 26.2 Å². The minimum absolute atomic E-state index is 0.0125. The Labute approximate surface area is 252 Å². The predicted molar refractivity (Wildman–Crippen MR) is 164 cm³/mol. The molecule has 0 saturated heterocycles. The molecule has 218 valence electrons. The van der Waals surface area contributed by atoms with Crippen molar-refractivity contribution in [2.45, 2.75) is 69.5 Å². The molecule has 1 atom stereocenters. The van der Waals surface area contributed by atoms with Crippen LogP contribution in [0, 0.1) is 6.92 Å². The second-order valence-electron chi connectivity index (χ2n) is 10.3. The molecule has 1 aliphatic carbocycles. The minimum Gasteiger partial charge on any atom is -0.352 e. The Morgan fingerprint density at radius 2 is 1.63 bits per heavy atom. The number of sulfonamides is 1. The van der Waals surface area contributed by atoms with E-state index < -0.39 is 28.5 Å².